The predicted molar refractivity (Wildman–Crippen MR) is 136 cm³/mol. The van der Waals surface area contributed by atoms with Gasteiger partial charge in [0.05, 0.1) is 44.0 Å². The van der Waals surface area contributed by atoms with Crippen LogP contribution >= 0.6 is 0 Å². The molecule has 40 heavy (non-hydrogen) atoms. The van der Waals surface area contributed by atoms with Crippen molar-refractivity contribution >= 4 is 23.9 Å². The van der Waals surface area contributed by atoms with Gasteiger partial charge in [-0.15, -0.1) is 0 Å². The molecule has 0 amide bonds. The summed E-state index contributed by atoms with van der Waals surface area (Å²) in [6, 6.07) is 3.61. The number of hydrogen-bond acceptors (Lipinski definition) is 11. The first-order valence-corrected chi connectivity index (χ1v) is 13.3. The maximum atomic E-state index is 13.4. The molecule has 2 bridgehead atoms. The van der Waals surface area contributed by atoms with Gasteiger partial charge in [-0.1, -0.05) is 6.07 Å². The summed E-state index contributed by atoms with van der Waals surface area (Å²) in [7, 11) is 3.51. The van der Waals surface area contributed by atoms with E-state index < -0.39 is 66.4 Å². The maximum absolute atomic E-state index is 13.4. The molecule has 2 aliphatic carbocycles. The van der Waals surface area contributed by atoms with Crippen LogP contribution < -0.4 is 9.47 Å². The molecule has 0 aromatic heterocycles. The molecule has 1 aromatic carbocycles. The van der Waals surface area contributed by atoms with Gasteiger partial charge in [-0.3, -0.25) is 14.4 Å². The van der Waals surface area contributed by atoms with Crippen molar-refractivity contribution in [1.82, 2.24) is 4.90 Å². The molecule has 0 unspecified atom stereocenters. The zero-order chi connectivity index (χ0) is 28.8. The molecule has 2 aliphatic heterocycles. The van der Waals surface area contributed by atoms with Crippen LogP contribution in [-0.2, 0) is 45.2 Å². The second kappa shape index (κ2) is 10.4. The lowest BCUT2D eigenvalue weighted by molar-refractivity contribution is -0.178. The summed E-state index contributed by atoms with van der Waals surface area (Å²) in [5.74, 6) is -2.86. The number of aliphatic carboxylic acids is 1. The highest BCUT2D eigenvalue weighted by Gasteiger charge is 2.72. The molecule has 1 aromatic rings. The Balaban J connectivity index is 1.47. The number of carboxylic acids is 1. The molecule has 2 heterocycles. The number of piperidine rings is 1. The van der Waals surface area contributed by atoms with Crippen LogP contribution in [0.3, 0.4) is 0 Å². The van der Waals surface area contributed by atoms with E-state index in [0.29, 0.717) is 30.9 Å². The number of hydrogen-bond donors (Lipinski definition) is 2. The van der Waals surface area contributed by atoms with Crippen LogP contribution in [0.5, 0.6) is 11.5 Å². The number of nitrogens with zero attached hydrogens (tertiary/aromatic N) is 1. The van der Waals surface area contributed by atoms with Gasteiger partial charge in [-0.2, -0.15) is 0 Å². The minimum absolute atomic E-state index is 0.0494. The second-order valence-corrected chi connectivity index (χ2v) is 10.6. The highest BCUT2D eigenvalue weighted by Crippen LogP contribution is 2.65. The molecule has 5 atom stereocenters. The summed E-state index contributed by atoms with van der Waals surface area (Å²) in [6.07, 6.45) is -1.18. The number of benzene rings is 1. The Labute approximate surface area is 230 Å². The minimum atomic E-state index is -1.66. The Hall–Kier alpha value is -3.64. The summed E-state index contributed by atoms with van der Waals surface area (Å²) in [6.45, 7) is 2.32. The lowest BCUT2D eigenvalue weighted by Crippen LogP contribution is -2.74. The number of esters is 3. The SMILES string of the molecule is CCOC(=O)C[C@H](OC(=O)CCC(=O)O)C(=O)OC1=CC[C@@]2(O)[C@@H]3Cc4ccc(OC)c5c4[C@@]2(CCN3C)[C@H]1O5. The first-order valence-electron chi connectivity index (χ1n) is 13.3. The lowest BCUT2D eigenvalue weighted by atomic mass is 9.50. The summed E-state index contributed by atoms with van der Waals surface area (Å²) in [5, 5.41) is 21.1. The van der Waals surface area contributed by atoms with Crippen molar-refractivity contribution in [2.45, 2.75) is 74.7 Å². The van der Waals surface area contributed by atoms with Gasteiger partial charge in [0, 0.05) is 18.0 Å². The molecule has 2 N–H and O–H groups in total. The summed E-state index contributed by atoms with van der Waals surface area (Å²) < 4.78 is 27.9. The maximum Gasteiger partial charge on any atom is 0.353 e. The van der Waals surface area contributed by atoms with Gasteiger partial charge in [0.1, 0.15) is 5.76 Å². The fourth-order valence-corrected chi connectivity index (χ4v) is 6.74. The Morgan fingerprint density at radius 3 is 2.67 bits per heavy atom. The fraction of sp³-hybridized carbons (Fsp3) is 0.571. The predicted octanol–water partition coefficient (Wildman–Crippen LogP) is 1.25. The van der Waals surface area contributed by atoms with Gasteiger partial charge in [-0.05, 0) is 51.1 Å². The average Bonchev–Trinajstić information content (AvgIpc) is 3.26. The normalized spacial score (nSPS) is 28.4. The molecule has 12 nitrogen and oxygen atoms in total. The van der Waals surface area contributed by atoms with Crippen molar-refractivity contribution in [2.24, 2.45) is 0 Å². The Morgan fingerprint density at radius 2 is 1.98 bits per heavy atom. The Morgan fingerprint density at radius 1 is 1.20 bits per heavy atom. The van der Waals surface area contributed by atoms with Crippen LogP contribution in [0.15, 0.2) is 24.0 Å². The minimum Gasteiger partial charge on any atom is -0.493 e. The van der Waals surface area contributed by atoms with Gasteiger partial charge < -0.3 is 38.8 Å². The number of aliphatic hydroxyl groups is 1. The summed E-state index contributed by atoms with van der Waals surface area (Å²) in [4.78, 5) is 50.8. The first-order chi connectivity index (χ1) is 19.0. The summed E-state index contributed by atoms with van der Waals surface area (Å²) >= 11 is 0. The molecule has 12 heteroatoms. The van der Waals surface area contributed by atoms with E-state index in [0.717, 1.165) is 11.1 Å². The van der Waals surface area contributed by atoms with Crippen LogP contribution in [0, 0.1) is 0 Å². The van der Waals surface area contributed by atoms with Crippen molar-refractivity contribution < 1.29 is 53.1 Å². The highest BCUT2D eigenvalue weighted by atomic mass is 16.6. The number of ether oxygens (including phenoxy) is 5. The third kappa shape index (κ3) is 4.29. The van der Waals surface area contributed by atoms with Crippen LogP contribution in [0.2, 0.25) is 0 Å². The van der Waals surface area contributed by atoms with E-state index >= 15 is 0 Å². The smallest absolute Gasteiger partial charge is 0.353 e. The number of likely N-dealkylation sites (N-methyl/N-ethyl adjacent to an activating group) is 1. The standard InChI is InChI=1S/C28H33NO11/c1-4-37-22(33)14-18(38-21(32)8-7-20(30)31)26(34)39-17-9-10-28(35)19-13-15-5-6-16(36-3)24-23(15)27(28,25(17)40-24)11-12-29(19)2/h5-6,9,18-19,25,35H,4,7-8,10-14H2,1-3H3,(H,30,31)/t18-,19-,25-,27-,28+/m0/s1. The molecule has 1 fully saturated rings. The number of likely N-dealkylation sites (tertiary alicyclic amines) is 1. The topological polar surface area (TPSA) is 158 Å². The molecular weight excluding hydrogens is 526 g/mol. The average molecular weight is 560 g/mol. The number of rotatable bonds is 10. The van der Waals surface area contributed by atoms with E-state index in [-0.39, 0.29) is 24.8 Å². The highest BCUT2D eigenvalue weighted by molar-refractivity contribution is 5.86. The molecule has 0 radical (unpaired) electrons. The third-order valence-corrected chi connectivity index (χ3v) is 8.51. The van der Waals surface area contributed by atoms with Gasteiger partial charge in [0.25, 0.3) is 0 Å². The quantitative estimate of drug-likeness (QED) is 0.313. The van der Waals surface area contributed by atoms with E-state index in [4.69, 9.17) is 28.8 Å². The largest absolute Gasteiger partial charge is 0.493 e. The van der Waals surface area contributed by atoms with Crippen molar-refractivity contribution in [3.05, 3.63) is 35.1 Å². The lowest BCUT2D eigenvalue weighted by Gasteiger charge is -2.61. The van der Waals surface area contributed by atoms with Gasteiger partial charge >= 0.3 is 23.9 Å². The van der Waals surface area contributed by atoms with E-state index in [1.54, 1.807) is 13.0 Å². The molecule has 0 saturated carbocycles. The summed E-state index contributed by atoms with van der Waals surface area (Å²) in [5.41, 5.74) is -0.243. The fourth-order valence-electron chi connectivity index (χ4n) is 6.74. The van der Waals surface area contributed by atoms with Crippen molar-refractivity contribution in [3.8, 4) is 11.5 Å². The number of carbonyl (C=O) groups excluding carboxylic acids is 3. The van der Waals surface area contributed by atoms with E-state index in [9.17, 15) is 24.3 Å². The first kappa shape index (κ1) is 27.9. The molecule has 4 aliphatic rings. The van der Waals surface area contributed by atoms with Gasteiger partial charge in [-0.25, -0.2) is 4.79 Å². The van der Waals surface area contributed by atoms with Crippen LogP contribution in [0.25, 0.3) is 0 Å². The van der Waals surface area contributed by atoms with Crippen LogP contribution in [-0.4, -0.2) is 90.2 Å². The van der Waals surface area contributed by atoms with E-state index in [2.05, 4.69) is 4.90 Å². The van der Waals surface area contributed by atoms with Crippen molar-refractivity contribution in [1.29, 1.82) is 0 Å². The Kier molecular flexibility index (Phi) is 7.26. The molecule has 216 valence electrons. The van der Waals surface area contributed by atoms with Crippen molar-refractivity contribution in [3.63, 3.8) is 0 Å². The van der Waals surface area contributed by atoms with E-state index in [1.807, 2.05) is 19.2 Å². The Bertz CT molecular complexity index is 1270. The molecular formula is C28H33NO11. The van der Waals surface area contributed by atoms with Crippen LogP contribution in [0.1, 0.15) is 50.2 Å². The second-order valence-electron chi connectivity index (χ2n) is 10.6. The van der Waals surface area contributed by atoms with Gasteiger partial charge in [0.15, 0.2) is 17.6 Å². The number of methoxy groups -OCH3 is 1. The van der Waals surface area contributed by atoms with Gasteiger partial charge in [0.2, 0.25) is 6.10 Å². The number of carboxylic acid groups (broad SMARTS) is 1. The molecule has 5 rings (SSSR count). The van der Waals surface area contributed by atoms with Crippen LogP contribution in [0.4, 0.5) is 0 Å². The number of carbonyl (C=O) groups is 4. The van der Waals surface area contributed by atoms with E-state index in [1.165, 1.54) is 7.11 Å². The zero-order valence-corrected chi connectivity index (χ0v) is 22.6. The zero-order valence-electron chi connectivity index (χ0n) is 22.6. The molecule has 1 saturated heterocycles. The third-order valence-electron chi connectivity index (χ3n) is 8.51. The molecule has 1 spiro atoms. The monoisotopic (exact) mass is 559 g/mol. The van der Waals surface area contributed by atoms with Crippen molar-refractivity contribution in [2.75, 3.05) is 27.3 Å².